The number of rotatable bonds is 5. The Morgan fingerprint density at radius 1 is 1.04 bits per heavy atom. The van der Waals surface area contributed by atoms with Crippen LogP contribution in [0.2, 0.25) is 5.02 Å². The highest BCUT2D eigenvalue weighted by molar-refractivity contribution is 6.45. The summed E-state index contributed by atoms with van der Waals surface area (Å²) < 4.78 is 5.04. The van der Waals surface area contributed by atoms with Gasteiger partial charge in [-0.05, 0) is 48.4 Å². The zero-order valence-electron chi connectivity index (χ0n) is 14.4. The number of hydrogen-bond acceptors (Lipinski definition) is 5. The van der Waals surface area contributed by atoms with Crippen LogP contribution in [0, 0.1) is 0 Å². The average molecular weight is 386 g/mol. The standard InChI is InChI=1S/C20H16ClNO5/c1-2-11-27-20(26)13-5-9-15(10-6-13)22-18(24)16(17(23)19(22)25)12-3-7-14(21)8-4-12/h3-10,23H,2,11H2,1H3. The summed E-state index contributed by atoms with van der Waals surface area (Å²) >= 11 is 5.84. The number of carbonyl (C=O) groups is 3. The molecule has 7 heteroatoms. The molecule has 0 spiro atoms. The molecule has 0 bridgehead atoms. The third-order valence-electron chi connectivity index (χ3n) is 3.99. The molecule has 0 radical (unpaired) electrons. The minimum absolute atomic E-state index is 0.0944. The number of halogens is 1. The van der Waals surface area contributed by atoms with E-state index >= 15 is 0 Å². The molecule has 1 N–H and O–H groups in total. The van der Waals surface area contributed by atoms with Gasteiger partial charge in [0.15, 0.2) is 5.76 Å². The number of hydrogen-bond donors (Lipinski definition) is 1. The maximum Gasteiger partial charge on any atom is 0.338 e. The number of benzene rings is 2. The summed E-state index contributed by atoms with van der Waals surface area (Å²) in [6.45, 7) is 2.20. The molecule has 6 nitrogen and oxygen atoms in total. The first-order valence-electron chi connectivity index (χ1n) is 8.29. The monoisotopic (exact) mass is 385 g/mol. The fourth-order valence-corrected chi connectivity index (χ4v) is 2.78. The van der Waals surface area contributed by atoms with E-state index in [1.165, 1.54) is 24.3 Å². The van der Waals surface area contributed by atoms with E-state index in [0.717, 1.165) is 4.90 Å². The third kappa shape index (κ3) is 3.57. The summed E-state index contributed by atoms with van der Waals surface area (Å²) in [5.74, 6) is -2.59. The van der Waals surface area contributed by atoms with Crippen molar-refractivity contribution < 1.29 is 24.2 Å². The van der Waals surface area contributed by atoms with Crippen molar-refractivity contribution in [3.8, 4) is 0 Å². The predicted molar refractivity (Wildman–Crippen MR) is 101 cm³/mol. The first-order chi connectivity index (χ1) is 12.9. The zero-order chi connectivity index (χ0) is 19.6. The second kappa shape index (κ2) is 7.63. The van der Waals surface area contributed by atoms with Gasteiger partial charge in [0.1, 0.15) is 0 Å². The Balaban J connectivity index is 1.86. The van der Waals surface area contributed by atoms with Crippen molar-refractivity contribution in [2.45, 2.75) is 13.3 Å². The summed E-state index contributed by atoms with van der Waals surface area (Å²) in [7, 11) is 0. The van der Waals surface area contributed by atoms with Gasteiger partial charge in [0.2, 0.25) is 0 Å². The van der Waals surface area contributed by atoms with E-state index in [4.69, 9.17) is 16.3 Å². The molecule has 3 rings (SSSR count). The Bertz CT molecular complexity index is 932. The van der Waals surface area contributed by atoms with Crippen molar-refractivity contribution in [1.29, 1.82) is 0 Å². The van der Waals surface area contributed by atoms with Gasteiger partial charge < -0.3 is 9.84 Å². The predicted octanol–water partition coefficient (Wildman–Crippen LogP) is 3.75. The van der Waals surface area contributed by atoms with E-state index in [2.05, 4.69) is 0 Å². The van der Waals surface area contributed by atoms with Gasteiger partial charge >= 0.3 is 11.9 Å². The molecule has 1 aliphatic heterocycles. The van der Waals surface area contributed by atoms with Crippen molar-refractivity contribution in [1.82, 2.24) is 0 Å². The maximum atomic E-state index is 12.7. The van der Waals surface area contributed by atoms with E-state index in [1.807, 2.05) is 6.92 Å². The van der Waals surface area contributed by atoms with Crippen LogP contribution in [0.4, 0.5) is 5.69 Å². The molecule has 0 atom stereocenters. The van der Waals surface area contributed by atoms with E-state index in [-0.39, 0.29) is 11.3 Å². The van der Waals surface area contributed by atoms with Crippen molar-refractivity contribution in [3.05, 3.63) is 70.4 Å². The smallest absolute Gasteiger partial charge is 0.338 e. The number of carbonyl (C=O) groups excluding carboxylic acids is 3. The molecule has 0 saturated heterocycles. The average Bonchev–Trinajstić information content (AvgIpc) is 2.90. The number of nitrogens with zero attached hydrogens (tertiary/aromatic N) is 1. The van der Waals surface area contributed by atoms with Gasteiger partial charge in [0, 0.05) is 5.02 Å². The van der Waals surface area contributed by atoms with Gasteiger partial charge in [-0.15, -0.1) is 0 Å². The van der Waals surface area contributed by atoms with Crippen LogP contribution in [0.1, 0.15) is 29.3 Å². The SMILES string of the molecule is CCCOC(=O)c1ccc(N2C(=O)C(O)=C(c3ccc(Cl)cc3)C2=O)cc1. The minimum atomic E-state index is -0.828. The van der Waals surface area contributed by atoms with Crippen LogP contribution in [-0.2, 0) is 14.3 Å². The number of anilines is 1. The molecule has 2 amide bonds. The Kier molecular flexibility index (Phi) is 5.28. The number of imide groups is 1. The lowest BCUT2D eigenvalue weighted by atomic mass is 10.1. The number of amides is 2. The maximum absolute atomic E-state index is 12.7. The van der Waals surface area contributed by atoms with Crippen LogP contribution < -0.4 is 4.90 Å². The highest BCUT2D eigenvalue weighted by Gasteiger charge is 2.40. The van der Waals surface area contributed by atoms with Gasteiger partial charge in [0.25, 0.3) is 5.91 Å². The molecule has 0 fully saturated rings. The third-order valence-corrected chi connectivity index (χ3v) is 4.24. The number of esters is 1. The summed E-state index contributed by atoms with van der Waals surface area (Å²) in [6.07, 6.45) is 0.707. The fourth-order valence-electron chi connectivity index (χ4n) is 2.65. The van der Waals surface area contributed by atoms with Crippen LogP contribution >= 0.6 is 11.6 Å². The molecule has 27 heavy (non-hydrogen) atoms. The van der Waals surface area contributed by atoms with E-state index in [9.17, 15) is 19.5 Å². The molecule has 0 aromatic heterocycles. The van der Waals surface area contributed by atoms with Gasteiger partial charge in [-0.25, -0.2) is 9.69 Å². The molecular weight excluding hydrogens is 370 g/mol. The van der Waals surface area contributed by atoms with E-state index < -0.39 is 23.5 Å². The lowest BCUT2D eigenvalue weighted by Crippen LogP contribution is -2.31. The molecule has 0 aliphatic carbocycles. The topological polar surface area (TPSA) is 83.9 Å². The van der Waals surface area contributed by atoms with E-state index in [1.54, 1.807) is 24.3 Å². The second-order valence-corrected chi connectivity index (χ2v) is 6.30. The Labute approximate surface area is 160 Å². The van der Waals surface area contributed by atoms with Crippen LogP contribution in [0.15, 0.2) is 54.3 Å². The Morgan fingerprint density at radius 3 is 2.26 bits per heavy atom. The summed E-state index contributed by atoms with van der Waals surface area (Å²) in [5.41, 5.74) is 0.842. The van der Waals surface area contributed by atoms with Crippen LogP contribution in [0.5, 0.6) is 0 Å². The van der Waals surface area contributed by atoms with Crippen molar-refractivity contribution in [2.75, 3.05) is 11.5 Å². The molecular formula is C20H16ClNO5. The van der Waals surface area contributed by atoms with Crippen molar-refractivity contribution in [2.24, 2.45) is 0 Å². The van der Waals surface area contributed by atoms with Crippen molar-refractivity contribution in [3.63, 3.8) is 0 Å². The number of ether oxygens (including phenoxy) is 1. The first kappa shape index (κ1) is 18.7. The van der Waals surface area contributed by atoms with Crippen molar-refractivity contribution >= 4 is 40.6 Å². The first-order valence-corrected chi connectivity index (χ1v) is 8.67. The number of aliphatic hydroxyl groups is 1. The van der Waals surface area contributed by atoms with Crippen LogP contribution in [0.3, 0.4) is 0 Å². The molecule has 1 heterocycles. The fraction of sp³-hybridized carbons (Fsp3) is 0.150. The second-order valence-electron chi connectivity index (χ2n) is 5.86. The lowest BCUT2D eigenvalue weighted by molar-refractivity contribution is -0.121. The Hall–Kier alpha value is -3.12. The highest BCUT2D eigenvalue weighted by Crippen LogP contribution is 2.32. The Morgan fingerprint density at radius 2 is 1.67 bits per heavy atom. The summed E-state index contributed by atoms with van der Waals surface area (Å²) in [5, 5.41) is 10.7. The lowest BCUT2D eigenvalue weighted by Gasteiger charge is -2.15. The number of aliphatic hydroxyl groups excluding tert-OH is 1. The van der Waals surface area contributed by atoms with Gasteiger partial charge in [0.05, 0.1) is 23.4 Å². The molecule has 1 aliphatic rings. The van der Waals surface area contributed by atoms with E-state index in [0.29, 0.717) is 29.2 Å². The van der Waals surface area contributed by atoms with Gasteiger partial charge in [-0.1, -0.05) is 30.7 Å². The molecule has 0 unspecified atom stereocenters. The largest absolute Gasteiger partial charge is 0.502 e. The van der Waals surface area contributed by atoms with Gasteiger partial charge in [-0.3, -0.25) is 9.59 Å². The molecule has 2 aromatic carbocycles. The molecule has 2 aromatic rings. The molecule has 138 valence electrons. The quantitative estimate of drug-likeness (QED) is 0.626. The van der Waals surface area contributed by atoms with Gasteiger partial charge in [-0.2, -0.15) is 0 Å². The summed E-state index contributed by atoms with van der Waals surface area (Å²) in [4.78, 5) is 37.9. The molecule has 0 saturated carbocycles. The zero-order valence-corrected chi connectivity index (χ0v) is 15.2. The highest BCUT2D eigenvalue weighted by atomic mass is 35.5. The summed E-state index contributed by atoms with van der Waals surface area (Å²) in [6, 6.07) is 12.1. The minimum Gasteiger partial charge on any atom is -0.502 e. The normalized spacial score (nSPS) is 14.1. The van der Waals surface area contributed by atoms with Crippen LogP contribution in [-0.4, -0.2) is 29.5 Å². The van der Waals surface area contributed by atoms with Crippen LogP contribution in [0.25, 0.3) is 5.57 Å².